The Balaban J connectivity index is 1.64. The summed E-state index contributed by atoms with van der Waals surface area (Å²) in [6.45, 7) is 5.27. The molecule has 0 unspecified atom stereocenters. The van der Waals surface area contributed by atoms with Gasteiger partial charge in [-0.3, -0.25) is 19.2 Å². The quantitative estimate of drug-likeness (QED) is 0.268. The number of nitrogens with one attached hydrogen (secondary N) is 3. The Morgan fingerprint density at radius 3 is 2.23 bits per heavy atom. The number of carbonyl (C=O) groups excluding carboxylic acids is 5. The molecular weight excluding hydrogens is 516 g/mol. The molecule has 0 saturated carbocycles. The van der Waals surface area contributed by atoms with E-state index in [1.165, 1.54) is 4.90 Å². The lowest BCUT2D eigenvalue weighted by Crippen LogP contribution is -2.55. The van der Waals surface area contributed by atoms with E-state index in [-0.39, 0.29) is 32.7 Å². The van der Waals surface area contributed by atoms with Crippen LogP contribution < -0.4 is 16.0 Å². The molecule has 3 rings (SSSR count). The summed E-state index contributed by atoms with van der Waals surface area (Å²) in [6, 6.07) is 16.2. The highest BCUT2D eigenvalue weighted by Gasteiger charge is 2.40. The molecule has 0 aromatic heterocycles. The van der Waals surface area contributed by atoms with Gasteiger partial charge in [0.25, 0.3) is 0 Å². The Hall–Kier alpha value is -4.67. The second-order valence-electron chi connectivity index (χ2n) is 9.09. The fourth-order valence-corrected chi connectivity index (χ4v) is 4.20. The second-order valence-corrected chi connectivity index (χ2v) is 9.09. The molecule has 1 heterocycles. The lowest BCUT2D eigenvalue weighted by molar-refractivity contribution is -0.144. The molecule has 2 aromatic carbocycles. The lowest BCUT2D eigenvalue weighted by atomic mass is 10.0. The lowest BCUT2D eigenvalue weighted by Gasteiger charge is -2.29. The highest BCUT2D eigenvalue weighted by molar-refractivity contribution is 5.96. The molecule has 212 valence electrons. The fourth-order valence-electron chi connectivity index (χ4n) is 4.20. The standard InChI is InChI=1S/C29H34N4O7/c1-3-39-25(35)18-30-27(36)26-20(2)14-15-33(26)28(37)23(16-21-10-6-4-7-11-21)32-24(34)17-31-29(38)40-19-22-12-8-5-9-13-22/h4-13,23,26H,2-3,14-19H2,1H3,(H,30,36)(H,31,38)(H,32,34)/t23-,26-/m0/s1. The summed E-state index contributed by atoms with van der Waals surface area (Å²) >= 11 is 0. The van der Waals surface area contributed by atoms with Crippen LogP contribution >= 0.6 is 0 Å². The maximum absolute atomic E-state index is 13.7. The molecule has 40 heavy (non-hydrogen) atoms. The summed E-state index contributed by atoms with van der Waals surface area (Å²) in [4.78, 5) is 64.4. The largest absolute Gasteiger partial charge is 0.465 e. The van der Waals surface area contributed by atoms with E-state index < -0.39 is 48.4 Å². The molecule has 2 aromatic rings. The summed E-state index contributed by atoms with van der Waals surface area (Å²) < 4.78 is 9.96. The van der Waals surface area contributed by atoms with Crippen molar-refractivity contribution in [3.8, 4) is 0 Å². The smallest absolute Gasteiger partial charge is 0.407 e. The van der Waals surface area contributed by atoms with Gasteiger partial charge in [0, 0.05) is 13.0 Å². The van der Waals surface area contributed by atoms with E-state index in [4.69, 9.17) is 9.47 Å². The molecule has 11 heteroatoms. The van der Waals surface area contributed by atoms with Crippen molar-refractivity contribution in [2.24, 2.45) is 0 Å². The number of amides is 4. The van der Waals surface area contributed by atoms with Gasteiger partial charge in [-0.05, 0) is 30.0 Å². The first-order chi connectivity index (χ1) is 19.3. The van der Waals surface area contributed by atoms with Crippen LogP contribution in [0.5, 0.6) is 0 Å². The predicted octanol–water partition coefficient (Wildman–Crippen LogP) is 1.48. The Morgan fingerprint density at radius 1 is 0.925 bits per heavy atom. The SMILES string of the molecule is C=C1CCN(C(=O)[C@H](Cc2ccccc2)NC(=O)CNC(=O)OCc2ccccc2)[C@@H]1C(=O)NCC(=O)OCC. The van der Waals surface area contributed by atoms with E-state index in [1.54, 1.807) is 19.1 Å². The van der Waals surface area contributed by atoms with Crippen LogP contribution in [0.4, 0.5) is 4.79 Å². The predicted molar refractivity (Wildman–Crippen MR) is 146 cm³/mol. The number of rotatable bonds is 12. The number of esters is 1. The number of hydrogen-bond acceptors (Lipinski definition) is 7. The number of hydrogen-bond donors (Lipinski definition) is 3. The van der Waals surface area contributed by atoms with Crippen LogP contribution in [0.25, 0.3) is 0 Å². The van der Waals surface area contributed by atoms with E-state index >= 15 is 0 Å². The number of ether oxygens (including phenoxy) is 2. The van der Waals surface area contributed by atoms with Crippen LogP contribution in [0.3, 0.4) is 0 Å². The van der Waals surface area contributed by atoms with Gasteiger partial charge in [-0.15, -0.1) is 0 Å². The van der Waals surface area contributed by atoms with Crippen LogP contribution in [0.15, 0.2) is 72.8 Å². The Morgan fingerprint density at radius 2 is 1.57 bits per heavy atom. The van der Waals surface area contributed by atoms with Crippen molar-refractivity contribution in [2.45, 2.75) is 38.5 Å². The van der Waals surface area contributed by atoms with Crippen molar-refractivity contribution < 1.29 is 33.4 Å². The molecular formula is C29H34N4O7. The minimum absolute atomic E-state index is 0.0435. The number of carbonyl (C=O) groups is 5. The van der Waals surface area contributed by atoms with Crippen molar-refractivity contribution in [1.82, 2.24) is 20.9 Å². The van der Waals surface area contributed by atoms with E-state index in [2.05, 4.69) is 22.5 Å². The number of likely N-dealkylation sites (tertiary alicyclic amines) is 1. The molecule has 11 nitrogen and oxygen atoms in total. The maximum atomic E-state index is 13.7. The number of nitrogens with zero attached hydrogens (tertiary/aromatic N) is 1. The normalized spacial score (nSPS) is 15.1. The zero-order valence-corrected chi connectivity index (χ0v) is 22.4. The van der Waals surface area contributed by atoms with Crippen LogP contribution in [0.1, 0.15) is 24.5 Å². The minimum Gasteiger partial charge on any atom is -0.465 e. The van der Waals surface area contributed by atoms with Crippen LogP contribution in [-0.2, 0) is 41.7 Å². The summed E-state index contributed by atoms with van der Waals surface area (Å²) in [5.41, 5.74) is 2.10. The second kappa shape index (κ2) is 15.1. The molecule has 1 aliphatic heterocycles. The fraction of sp³-hybridized carbons (Fsp3) is 0.345. The van der Waals surface area contributed by atoms with Gasteiger partial charge >= 0.3 is 12.1 Å². The van der Waals surface area contributed by atoms with Gasteiger partial charge in [0.15, 0.2) is 0 Å². The van der Waals surface area contributed by atoms with Gasteiger partial charge in [-0.1, -0.05) is 67.2 Å². The average Bonchev–Trinajstić information content (AvgIpc) is 3.35. The molecule has 0 aliphatic carbocycles. The first-order valence-corrected chi connectivity index (χ1v) is 13.0. The van der Waals surface area contributed by atoms with Gasteiger partial charge in [-0.2, -0.15) is 0 Å². The monoisotopic (exact) mass is 550 g/mol. The van der Waals surface area contributed by atoms with Crippen LogP contribution in [-0.4, -0.2) is 73.0 Å². The Labute approximate surface area is 232 Å². The average molecular weight is 551 g/mol. The first-order valence-electron chi connectivity index (χ1n) is 13.0. The Bertz CT molecular complexity index is 1200. The Kier molecular flexibility index (Phi) is 11.2. The highest BCUT2D eigenvalue weighted by Crippen LogP contribution is 2.24. The minimum atomic E-state index is -1.02. The third-order valence-electron chi connectivity index (χ3n) is 6.14. The van der Waals surface area contributed by atoms with Crippen molar-refractivity contribution in [1.29, 1.82) is 0 Å². The third-order valence-corrected chi connectivity index (χ3v) is 6.14. The molecule has 3 N–H and O–H groups in total. The van der Waals surface area contributed by atoms with Crippen molar-refractivity contribution in [3.63, 3.8) is 0 Å². The summed E-state index contributed by atoms with van der Waals surface area (Å²) in [6.07, 6.45) is -0.229. The molecule has 1 fully saturated rings. The van der Waals surface area contributed by atoms with Gasteiger partial charge in [0.1, 0.15) is 31.8 Å². The zero-order valence-electron chi connectivity index (χ0n) is 22.4. The van der Waals surface area contributed by atoms with E-state index in [0.717, 1.165) is 11.1 Å². The summed E-state index contributed by atoms with van der Waals surface area (Å²) in [5.74, 6) is -2.25. The van der Waals surface area contributed by atoms with Crippen molar-refractivity contribution in [2.75, 3.05) is 26.2 Å². The molecule has 0 spiro atoms. The third kappa shape index (κ3) is 8.97. The number of benzene rings is 2. The molecule has 0 radical (unpaired) electrons. The molecule has 1 aliphatic rings. The highest BCUT2D eigenvalue weighted by atomic mass is 16.5. The number of alkyl carbamates (subject to hydrolysis) is 1. The molecule has 0 bridgehead atoms. The van der Waals surface area contributed by atoms with Gasteiger partial charge in [0.2, 0.25) is 17.7 Å². The van der Waals surface area contributed by atoms with Crippen molar-refractivity contribution in [3.05, 3.63) is 83.9 Å². The maximum Gasteiger partial charge on any atom is 0.407 e. The molecule has 4 amide bonds. The summed E-state index contributed by atoms with van der Waals surface area (Å²) in [7, 11) is 0. The van der Waals surface area contributed by atoms with E-state index in [1.807, 2.05) is 48.5 Å². The molecule has 1 saturated heterocycles. The van der Waals surface area contributed by atoms with Crippen LogP contribution in [0, 0.1) is 0 Å². The van der Waals surface area contributed by atoms with Crippen LogP contribution in [0.2, 0.25) is 0 Å². The van der Waals surface area contributed by atoms with Gasteiger partial charge < -0.3 is 30.3 Å². The van der Waals surface area contributed by atoms with Gasteiger partial charge in [0.05, 0.1) is 6.61 Å². The van der Waals surface area contributed by atoms with Crippen molar-refractivity contribution >= 4 is 29.8 Å². The van der Waals surface area contributed by atoms with Gasteiger partial charge in [-0.25, -0.2) is 4.79 Å². The summed E-state index contributed by atoms with van der Waals surface area (Å²) in [5, 5.41) is 7.55. The zero-order chi connectivity index (χ0) is 28.9. The van der Waals surface area contributed by atoms with E-state index in [9.17, 15) is 24.0 Å². The topological polar surface area (TPSA) is 143 Å². The molecule has 2 atom stereocenters. The van der Waals surface area contributed by atoms with E-state index in [0.29, 0.717) is 12.0 Å². The first kappa shape index (κ1) is 29.9.